The van der Waals surface area contributed by atoms with Gasteiger partial charge >= 0.3 is 0 Å². The third kappa shape index (κ3) is 5.42. The molecule has 1 atom stereocenters. The molecule has 29 heavy (non-hydrogen) atoms. The lowest BCUT2D eigenvalue weighted by molar-refractivity contribution is -0.126. The van der Waals surface area contributed by atoms with Crippen molar-refractivity contribution in [1.82, 2.24) is 4.90 Å². The summed E-state index contributed by atoms with van der Waals surface area (Å²) >= 11 is 0. The largest absolute Gasteiger partial charge is 0.368 e. The number of anilines is 2. The van der Waals surface area contributed by atoms with Crippen LogP contribution in [-0.4, -0.2) is 41.8 Å². The molecule has 0 spiro atoms. The van der Waals surface area contributed by atoms with Crippen molar-refractivity contribution in [3.63, 3.8) is 0 Å². The van der Waals surface area contributed by atoms with Crippen LogP contribution in [0.15, 0.2) is 48.5 Å². The van der Waals surface area contributed by atoms with E-state index in [4.69, 9.17) is 5.73 Å². The van der Waals surface area contributed by atoms with Gasteiger partial charge in [0, 0.05) is 5.69 Å². The van der Waals surface area contributed by atoms with Crippen LogP contribution in [0.25, 0.3) is 0 Å². The first-order chi connectivity index (χ1) is 13.9. The molecule has 0 saturated carbocycles. The van der Waals surface area contributed by atoms with Crippen LogP contribution in [0.1, 0.15) is 35.2 Å². The molecule has 2 aromatic rings. The van der Waals surface area contributed by atoms with Crippen molar-refractivity contribution in [3.05, 3.63) is 59.7 Å². The Morgan fingerprint density at radius 2 is 1.86 bits per heavy atom. The Balaban J connectivity index is 1.69. The molecule has 1 aliphatic rings. The Morgan fingerprint density at radius 3 is 2.62 bits per heavy atom. The predicted octanol–water partition coefficient (Wildman–Crippen LogP) is 2.53. The molecule has 7 heteroatoms. The number of primary amides is 1. The predicted molar refractivity (Wildman–Crippen MR) is 113 cm³/mol. The molecule has 7 nitrogen and oxygen atoms in total. The van der Waals surface area contributed by atoms with E-state index in [9.17, 15) is 14.4 Å². The highest BCUT2D eigenvalue weighted by atomic mass is 16.2. The molecule has 0 aliphatic carbocycles. The number of benzene rings is 2. The fourth-order valence-corrected chi connectivity index (χ4v) is 3.59. The lowest BCUT2D eigenvalue weighted by atomic mass is 10.0. The second kappa shape index (κ2) is 9.34. The standard InChI is InChI=1S/C22H26N4O3/c1-15-7-6-8-16(13-15)24-22(29)17-9-2-3-10-18(17)25-20(27)14-26-12-5-4-11-19(26)21(23)28/h2-3,6-10,13,19H,4-5,11-12,14H2,1H3,(H2,23,28)(H,24,29)(H,25,27). The van der Waals surface area contributed by atoms with Crippen LogP contribution in [0, 0.1) is 6.92 Å². The molecule has 1 heterocycles. The van der Waals surface area contributed by atoms with Gasteiger partial charge in [-0.25, -0.2) is 0 Å². The lowest BCUT2D eigenvalue weighted by Gasteiger charge is -2.32. The molecular formula is C22H26N4O3. The van der Waals surface area contributed by atoms with Crippen LogP contribution in [0.4, 0.5) is 11.4 Å². The van der Waals surface area contributed by atoms with Crippen LogP contribution in [0.2, 0.25) is 0 Å². The van der Waals surface area contributed by atoms with E-state index in [1.165, 1.54) is 0 Å². The summed E-state index contributed by atoms with van der Waals surface area (Å²) in [5, 5.41) is 5.66. The van der Waals surface area contributed by atoms with Gasteiger partial charge in [0.2, 0.25) is 11.8 Å². The summed E-state index contributed by atoms with van der Waals surface area (Å²) in [6.45, 7) is 2.65. The molecule has 4 N–H and O–H groups in total. The van der Waals surface area contributed by atoms with Crippen molar-refractivity contribution >= 4 is 29.1 Å². The first-order valence-electron chi connectivity index (χ1n) is 9.74. The average Bonchev–Trinajstić information content (AvgIpc) is 2.68. The summed E-state index contributed by atoms with van der Waals surface area (Å²) in [5.41, 5.74) is 7.99. The Kier molecular flexibility index (Phi) is 6.61. The molecule has 2 aromatic carbocycles. The number of nitrogens with one attached hydrogen (secondary N) is 2. The molecule has 1 saturated heterocycles. The van der Waals surface area contributed by atoms with Gasteiger partial charge < -0.3 is 16.4 Å². The summed E-state index contributed by atoms with van der Waals surface area (Å²) in [7, 11) is 0. The molecule has 1 fully saturated rings. The number of nitrogens with two attached hydrogens (primary N) is 1. The van der Waals surface area contributed by atoms with E-state index < -0.39 is 11.9 Å². The van der Waals surface area contributed by atoms with Gasteiger partial charge in [0.15, 0.2) is 0 Å². The Bertz CT molecular complexity index is 912. The van der Waals surface area contributed by atoms with Crippen LogP contribution in [-0.2, 0) is 9.59 Å². The van der Waals surface area contributed by atoms with Crippen molar-refractivity contribution in [2.45, 2.75) is 32.2 Å². The maximum Gasteiger partial charge on any atom is 0.257 e. The second-order valence-corrected chi connectivity index (χ2v) is 7.30. The highest BCUT2D eigenvalue weighted by Gasteiger charge is 2.28. The smallest absolute Gasteiger partial charge is 0.257 e. The zero-order valence-corrected chi connectivity index (χ0v) is 16.5. The van der Waals surface area contributed by atoms with Crippen LogP contribution in [0.5, 0.6) is 0 Å². The van der Waals surface area contributed by atoms with Gasteiger partial charge in [-0.15, -0.1) is 0 Å². The van der Waals surface area contributed by atoms with Gasteiger partial charge in [-0.05, 0) is 56.1 Å². The highest BCUT2D eigenvalue weighted by Crippen LogP contribution is 2.20. The van der Waals surface area contributed by atoms with Crippen molar-refractivity contribution < 1.29 is 14.4 Å². The fraction of sp³-hybridized carbons (Fsp3) is 0.318. The lowest BCUT2D eigenvalue weighted by Crippen LogP contribution is -2.50. The Hall–Kier alpha value is -3.19. The number of aryl methyl sites for hydroxylation is 1. The molecule has 3 rings (SSSR count). The summed E-state index contributed by atoms with van der Waals surface area (Å²) in [4.78, 5) is 38.8. The molecule has 0 radical (unpaired) electrons. The van der Waals surface area contributed by atoms with Gasteiger partial charge in [-0.2, -0.15) is 0 Å². The summed E-state index contributed by atoms with van der Waals surface area (Å²) in [6.07, 6.45) is 2.51. The molecular weight excluding hydrogens is 368 g/mol. The van der Waals surface area contributed by atoms with E-state index in [0.717, 1.165) is 18.4 Å². The minimum absolute atomic E-state index is 0.0570. The second-order valence-electron chi connectivity index (χ2n) is 7.30. The molecule has 3 amide bonds. The number of piperidine rings is 1. The van der Waals surface area contributed by atoms with E-state index >= 15 is 0 Å². The first kappa shape index (κ1) is 20.5. The number of rotatable bonds is 6. The van der Waals surface area contributed by atoms with Crippen molar-refractivity contribution in [3.8, 4) is 0 Å². The van der Waals surface area contributed by atoms with Gasteiger partial charge in [0.05, 0.1) is 23.8 Å². The summed E-state index contributed by atoms with van der Waals surface area (Å²) < 4.78 is 0. The summed E-state index contributed by atoms with van der Waals surface area (Å²) in [6, 6.07) is 13.9. The van der Waals surface area contributed by atoms with Gasteiger partial charge in [0.25, 0.3) is 5.91 Å². The normalized spacial score (nSPS) is 16.8. The SMILES string of the molecule is Cc1cccc(NC(=O)c2ccccc2NC(=O)CN2CCCCC2C(N)=O)c1. The third-order valence-electron chi connectivity index (χ3n) is 5.01. The Morgan fingerprint density at radius 1 is 1.07 bits per heavy atom. The molecule has 1 aliphatic heterocycles. The fourth-order valence-electron chi connectivity index (χ4n) is 3.59. The van der Waals surface area contributed by atoms with E-state index in [1.54, 1.807) is 29.2 Å². The number of nitrogens with zero attached hydrogens (tertiary/aromatic N) is 1. The number of likely N-dealkylation sites (tertiary alicyclic amines) is 1. The molecule has 152 valence electrons. The van der Waals surface area contributed by atoms with E-state index in [-0.39, 0.29) is 18.4 Å². The van der Waals surface area contributed by atoms with E-state index in [2.05, 4.69) is 10.6 Å². The first-order valence-corrected chi connectivity index (χ1v) is 9.74. The number of amides is 3. The van der Waals surface area contributed by atoms with Crippen molar-refractivity contribution in [2.24, 2.45) is 5.73 Å². The monoisotopic (exact) mass is 394 g/mol. The zero-order chi connectivity index (χ0) is 20.8. The molecule has 0 aromatic heterocycles. The number of carbonyl (C=O) groups excluding carboxylic acids is 3. The number of para-hydroxylation sites is 1. The van der Waals surface area contributed by atoms with Crippen molar-refractivity contribution in [2.75, 3.05) is 23.7 Å². The van der Waals surface area contributed by atoms with Gasteiger partial charge in [-0.1, -0.05) is 30.7 Å². The maximum atomic E-state index is 12.7. The number of hydrogen-bond donors (Lipinski definition) is 3. The molecule has 1 unspecified atom stereocenters. The summed E-state index contributed by atoms with van der Waals surface area (Å²) in [5.74, 6) is -0.996. The van der Waals surface area contributed by atoms with Crippen LogP contribution < -0.4 is 16.4 Å². The quantitative estimate of drug-likeness (QED) is 0.700. The van der Waals surface area contributed by atoms with Gasteiger partial charge in [0.1, 0.15) is 0 Å². The van der Waals surface area contributed by atoms with Crippen LogP contribution >= 0.6 is 0 Å². The minimum atomic E-state index is -0.422. The topological polar surface area (TPSA) is 105 Å². The molecule has 0 bridgehead atoms. The highest BCUT2D eigenvalue weighted by molar-refractivity contribution is 6.10. The number of hydrogen-bond acceptors (Lipinski definition) is 4. The average molecular weight is 394 g/mol. The van der Waals surface area contributed by atoms with E-state index in [0.29, 0.717) is 29.9 Å². The maximum absolute atomic E-state index is 12.7. The zero-order valence-electron chi connectivity index (χ0n) is 16.5. The minimum Gasteiger partial charge on any atom is -0.368 e. The van der Waals surface area contributed by atoms with Gasteiger partial charge in [-0.3, -0.25) is 19.3 Å². The third-order valence-corrected chi connectivity index (χ3v) is 5.01. The van der Waals surface area contributed by atoms with Crippen LogP contribution in [0.3, 0.4) is 0 Å². The Labute approximate surface area is 170 Å². The van der Waals surface area contributed by atoms with Crippen molar-refractivity contribution in [1.29, 1.82) is 0 Å². The van der Waals surface area contributed by atoms with E-state index in [1.807, 2.05) is 31.2 Å². The number of carbonyl (C=O) groups is 3.